The van der Waals surface area contributed by atoms with Gasteiger partial charge in [0, 0.05) is 31.7 Å². The third-order valence-corrected chi connectivity index (χ3v) is 6.10. The van der Waals surface area contributed by atoms with E-state index in [1.165, 1.54) is 29.2 Å². The first-order chi connectivity index (χ1) is 19.7. The maximum Gasteiger partial charge on any atom is 0.435 e. The van der Waals surface area contributed by atoms with E-state index in [0.717, 1.165) is 4.68 Å². The number of imidazole rings is 1. The second-order valence-corrected chi connectivity index (χ2v) is 9.21. The summed E-state index contributed by atoms with van der Waals surface area (Å²) >= 11 is 0. The Kier molecular flexibility index (Phi) is 9.57. The molecule has 14 heteroatoms. The molecule has 11 nitrogen and oxygen atoms in total. The minimum Gasteiger partial charge on any atom is -0.460 e. The van der Waals surface area contributed by atoms with Crippen LogP contribution in [0.5, 0.6) is 11.6 Å². The topological polar surface area (TPSA) is 133 Å². The van der Waals surface area contributed by atoms with Crippen LogP contribution in [0.4, 0.5) is 13.2 Å². The van der Waals surface area contributed by atoms with Gasteiger partial charge in [-0.05, 0) is 36.1 Å². The van der Waals surface area contributed by atoms with Gasteiger partial charge in [-0.1, -0.05) is 13.8 Å². The van der Waals surface area contributed by atoms with Crippen molar-refractivity contribution in [3.8, 4) is 22.9 Å². The highest BCUT2D eigenvalue weighted by Gasteiger charge is 2.38. The Hall–Kier alpha value is -4.01. The first-order valence-electron chi connectivity index (χ1n) is 12.9. The minimum absolute atomic E-state index is 0.0315. The van der Waals surface area contributed by atoms with Crippen molar-refractivity contribution in [1.29, 1.82) is 0 Å². The second-order valence-electron chi connectivity index (χ2n) is 9.21. The van der Waals surface area contributed by atoms with E-state index < -0.39 is 17.8 Å². The summed E-state index contributed by atoms with van der Waals surface area (Å²) in [7, 11) is 0. The zero-order valence-corrected chi connectivity index (χ0v) is 22.5. The van der Waals surface area contributed by atoms with Gasteiger partial charge in [0.25, 0.3) is 5.88 Å². The molecule has 0 saturated heterocycles. The average Bonchev–Trinajstić information content (AvgIpc) is 3.57. The SMILES string of the molecule is CCc1cc(Oc2nccn3c(-c4cn(CC(C)CO)nc4C(F)(F)F)cnc23)ccc1C(=O)OCCOCCO. The van der Waals surface area contributed by atoms with Crippen molar-refractivity contribution in [1.82, 2.24) is 24.1 Å². The van der Waals surface area contributed by atoms with Crippen molar-refractivity contribution in [2.75, 3.05) is 33.0 Å². The number of rotatable bonds is 13. The highest BCUT2D eigenvalue weighted by atomic mass is 19.4. The fourth-order valence-electron chi connectivity index (χ4n) is 4.13. The molecule has 0 fully saturated rings. The predicted octanol–water partition coefficient (Wildman–Crippen LogP) is 3.76. The maximum absolute atomic E-state index is 13.9. The van der Waals surface area contributed by atoms with E-state index in [-0.39, 0.29) is 68.3 Å². The highest BCUT2D eigenvalue weighted by Crippen LogP contribution is 2.37. The number of aliphatic hydroxyl groups excluding tert-OH is 2. The Bertz CT molecular complexity index is 1490. The number of benzene rings is 1. The molecule has 0 aliphatic rings. The molecule has 0 bridgehead atoms. The van der Waals surface area contributed by atoms with Crippen LogP contribution < -0.4 is 4.74 Å². The Labute approximate surface area is 233 Å². The summed E-state index contributed by atoms with van der Waals surface area (Å²) in [4.78, 5) is 21.0. The number of hydrogen-bond acceptors (Lipinski definition) is 9. The molecule has 3 heterocycles. The van der Waals surface area contributed by atoms with E-state index >= 15 is 0 Å². The molecule has 4 aromatic rings. The Balaban J connectivity index is 1.60. The third-order valence-electron chi connectivity index (χ3n) is 6.10. The lowest BCUT2D eigenvalue weighted by molar-refractivity contribution is -0.141. The van der Waals surface area contributed by atoms with Gasteiger partial charge >= 0.3 is 12.1 Å². The van der Waals surface area contributed by atoms with Gasteiger partial charge in [0.15, 0.2) is 5.69 Å². The number of carbonyl (C=O) groups excluding carboxylic acids is 1. The largest absolute Gasteiger partial charge is 0.460 e. The first-order valence-corrected chi connectivity index (χ1v) is 12.9. The average molecular weight is 578 g/mol. The van der Waals surface area contributed by atoms with Crippen LogP contribution in [0.15, 0.2) is 43.0 Å². The molecule has 220 valence electrons. The fraction of sp³-hybridized carbons (Fsp3) is 0.407. The Morgan fingerprint density at radius 3 is 2.66 bits per heavy atom. The zero-order valence-electron chi connectivity index (χ0n) is 22.5. The molecular weight excluding hydrogens is 547 g/mol. The van der Waals surface area contributed by atoms with Crippen molar-refractivity contribution in [2.24, 2.45) is 5.92 Å². The maximum atomic E-state index is 13.9. The van der Waals surface area contributed by atoms with Gasteiger partial charge < -0.3 is 24.4 Å². The third kappa shape index (κ3) is 7.01. The van der Waals surface area contributed by atoms with E-state index in [0.29, 0.717) is 23.3 Å². The molecule has 2 N–H and O–H groups in total. The van der Waals surface area contributed by atoms with Gasteiger partial charge in [-0.15, -0.1) is 0 Å². The molecule has 0 saturated carbocycles. The van der Waals surface area contributed by atoms with E-state index in [4.69, 9.17) is 19.3 Å². The molecule has 0 radical (unpaired) electrons. The number of esters is 1. The summed E-state index contributed by atoms with van der Waals surface area (Å²) < 4.78 is 60.5. The molecule has 4 rings (SSSR count). The quantitative estimate of drug-likeness (QED) is 0.180. The van der Waals surface area contributed by atoms with Crippen LogP contribution in [0.2, 0.25) is 0 Å². The first kappa shape index (κ1) is 30.0. The number of nitrogens with zero attached hydrogens (tertiary/aromatic N) is 5. The molecule has 1 atom stereocenters. The van der Waals surface area contributed by atoms with Gasteiger partial charge in [0.05, 0.1) is 42.8 Å². The number of alkyl halides is 3. The normalized spacial score (nSPS) is 12.6. The number of aliphatic hydroxyl groups is 2. The van der Waals surface area contributed by atoms with Crippen LogP contribution >= 0.6 is 0 Å². The number of halogens is 3. The number of hydrogen-bond donors (Lipinski definition) is 2. The monoisotopic (exact) mass is 577 g/mol. The lowest BCUT2D eigenvalue weighted by Gasteiger charge is -2.12. The number of ether oxygens (including phenoxy) is 3. The molecule has 1 unspecified atom stereocenters. The molecule has 0 aliphatic heterocycles. The standard InChI is InChI=1S/C27H30F3N5O6/c1-3-18-12-19(4-5-20(18)26(38)40-11-10-39-9-8-36)41-25-24-32-13-22(35(24)7-6-31-25)21-15-34(14-17(2)16-37)33-23(21)27(28,29)30/h4-7,12-13,15,17,36-37H,3,8-11,14,16H2,1-2H3. The summed E-state index contributed by atoms with van der Waals surface area (Å²) in [6.45, 7) is 3.69. The molecular formula is C27H30F3N5O6. The smallest absolute Gasteiger partial charge is 0.435 e. The van der Waals surface area contributed by atoms with Gasteiger partial charge in [-0.3, -0.25) is 9.08 Å². The van der Waals surface area contributed by atoms with E-state index in [1.54, 1.807) is 25.1 Å². The number of carbonyl (C=O) groups is 1. The van der Waals surface area contributed by atoms with Crippen LogP contribution in [-0.2, 0) is 28.6 Å². The minimum atomic E-state index is -4.72. The zero-order chi connectivity index (χ0) is 29.6. The Morgan fingerprint density at radius 1 is 1.15 bits per heavy atom. The van der Waals surface area contributed by atoms with Crippen molar-refractivity contribution in [3.05, 3.63) is 59.8 Å². The van der Waals surface area contributed by atoms with Crippen LogP contribution in [0.3, 0.4) is 0 Å². The van der Waals surface area contributed by atoms with Gasteiger partial charge in [-0.25, -0.2) is 14.8 Å². The Morgan fingerprint density at radius 2 is 1.95 bits per heavy atom. The molecule has 0 amide bonds. The van der Waals surface area contributed by atoms with Crippen LogP contribution in [-0.4, -0.2) is 73.4 Å². The molecule has 1 aromatic carbocycles. The van der Waals surface area contributed by atoms with Gasteiger partial charge in [0.2, 0.25) is 5.65 Å². The molecule has 41 heavy (non-hydrogen) atoms. The van der Waals surface area contributed by atoms with Crippen LogP contribution in [0.1, 0.15) is 35.5 Å². The summed E-state index contributed by atoms with van der Waals surface area (Å²) in [6.07, 6.45) is 1.20. The van der Waals surface area contributed by atoms with Crippen LogP contribution in [0.25, 0.3) is 16.9 Å². The van der Waals surface area contributed by atoms with Crippen molar-refractivity contribution in [3.63, 3.8) is 0 Å². The van der Waals surface area contributed by atoms with E-state index in [2.05, 4.69) is 15.1 Å². The van der Waals surface area contributed by atoms with Gasteiger partial charge in [0.1, 0.15) is 12.4 Å². The fourth-order valence-corrected chi connectivity index (χ4v) is 4.13. The number of fused-ring (bicyclic) bond motifs is 1. The van der Waals surface area contributed by atoms with Crippen molar-refractivity contribution < 1.29 is 42.4 Å². The molecule has 0 aliphatic carbocycles. The van der Waals surface area contributed by atoms with Crippen molar-refractivity contribution in [2.45, 2.75) is 33.0 Å². The lowest BCUT2D eigenvalue weighted by Crippen LogP contribution is -2.13. The summed E-state index contributed by atoms with van der Waals surface area (Å²) in [5.41, 5.74) is 0.0702. The predicted molar refractivity (Wildman–Crippen MR) is 140 cm³/mol. The highest BCUT2D eigenvalue weighted by molar-refractivity contribution is 5.91. The second kappa shape index (κ2) is 13.1. The van der Waals surface area contributed by atoms with E-state index in [9.17, 15) is 23.1 Å². The molecule has 0 spiro atoms. The molecule has 3 aromatic heterocycles. The summed E-state index contributed by atoms with van der Waals surface area (Å²) in [5.74, 6) is -0.431. The van der Waals surface area contributed by atoms with Crippen molar-refractivity contribution >= 4 is 11.6 Å². The number of aromatic nitrogens is 5. The summed E-state index contributed by atoms with van der Waals surface area (Å²) in [5, 5.41) is 21.8. The van der Waals surface area contributed by atoms with Gasteiger partial charge in [-0.2, -0.15) is 18.3 Å². The van der Waals surface area contributed by atoms with E-state index in [1.807, 2.05) is 6.92 Å². The lowest BCUT2D eigenvalue weighted by atomic mass is 10.1. The summed E-state index contributed by atoms with van der Waals surface area (Å²) in [6, 6.07) is 4.77. The van der Waals surface area contributed by atoms with Crippen LogP contribution in [0, 0.1) is 5.92 Å². The number of aryl methyl sites for hydroxylation is 1.